The molecular formula is C31H27FN2O3. The van der Waals surface area contributed by atoms with Crippen LogP contribution in [0.5, 0.6) is 11.5 Å². The molecule has 2 aliphatic rings. The van der Waals surface area contributed by atoms with Gasteiger partial charge in [-0.25, -0.2) is 9.18 Å². The molecule has 0 saturated carbocycles. The molecule has 5 nitrogen and oxygen atoms in total. The van der Waals surface area contributed by atoms with Crippen molar-refractivity contribution in [1.82, 2.24) is 0 Å². The van der Waals surface area contributed by atoms with Crippen molar-refractivity contribution in [1.29, 1.82) is 0 Å². The molecular weight excluding hydrogens is 467 g/mol. The van der Waals surface area contributed by atoms with Crippen molar-refractivity contribution < 1.29 is 18.7 Å². The summed E-state index contributed by atoms with van der Waals surface area (Å²) in [5.41, 5.74) is 4.65. The van der Waals surface area contributed by atoms with Crippen LogP contribution in [0.1, 0.15) is 46.5 Å². The molecule has 2 aliphatic heterocycles. The fourth-order valence-electron chi connectivity index (χ4n) is 5.46. The molecule has 0 amide bonds. The van der Waals surface area contributed by atoms with Gasteiger partial charge in [-0.2, -0.15) is 0 Å². The summed E-state index contributed by atoms with van der Waals surface area (Å²) < 4.78 is 27.3. The van der Waals surface area contributed by atoms with Crippen LogP contribution in [-0.4, -0.2) is 19.1 Å². The Hall–Kier alpha value is -4.32. The first-order valence-corrected chi connectivity index (χ1v) is 12.5. The minimum absolute atomic E-state index is 0.240. The van der Waals surface area contributed by atoms with Gasteiger partial charge in [0.1, 0.15) is 17.3 Å². The molecule has 2 heterocycles. The molecule has 0 aromatic heterocycles. The Morgan fingerprint density at radius 3 is 2.35 bits per heavy atom. The zero-order valence-corrected chi connectivity index (χ0v) is 21.0. The second-order valence-corrected chi connectivity index (χ2v) is 9.34. The molecule has 1 atom stereocenters. The lowest BCUT2D eigenvalue weighted by Crippen LogP contribution is -2.33. The summed E-state index contributed by atoms with van der Waals surface area (Å²) in [4.78, 5) is 15.0. The van der Waals surface area contributed by atoms with E-state index in [-0.39, 0.29) is 11.8 Å². The van der Waals surface area contributed by atoms with E-state index in [1.54, 1.807) is 12.1 Å². The smallest absolute Gasteiger partial charge is 0.340 e. The van der Waals surface area contributed by atoms with Crippen molar-refractivity contribution in [2.45, 2.75) is 26.4 Å². The molecule has 0 radical (unpaired) electrons. The van der Waals surface area contributed by atoms with Crippen LogP contribution in [-0.2, 0) is 10.3 Å². The van der Waals surface area contributed by atoms with E-state index in [1.165, 1.54) is 0 Å². The lowest BCUT2D eigenvalue weighted by atomic mass is 9.77. The summed E-state index contributed by atoms with van der Waals surface area (Å²) in [6, 6.07) is 24.3. The zero-order chi connectivity index (χ0) is 25.7. The summed E-state index contributed by atoms with van der Waals surface area (Å²) in [7, 11) is 0. The predicted octanol–water partition coefficient (Wildman–Crippen LogP) is 7.29. The molecule has 6 rings (SSSR count). The Morgan fingerprint density at radius 2 is 1.57 bits per heavy atom. The summed E-state index contributed by atoms with van der Waals surface area (Å²) in [5.74, 6) is 0.664. The van der Waals surface area contributed by atoms with E-state index in [1.807, 2.05) is 92.4 Å². The lowest BCUT2D eigenvalue weighted by molar-refractivity contribution is 0.0224. The third-order valence-corrected chi connectivity index (χ3v) is 7.29. The Bertz CT molecular complexity index is 1550. The molecule has 186 valence electrons. The minimum atomic E-state index is -1.13. The maximum atomic E-state index is 14.8. The third-order valence-electron chi connectivity index (χ3n) is 7.29. The van der Waals surface area contributed by atoms with Crippen molar-refractivity contribution in [2.24, 2.45) is 0 Å². The van der Waals surface area contributed by atoms with Crippen LogP contribution in [0, 0.1) is 12.7 Å². The number of fused-ring (bicyclic) bond motifs is 6. The average molecular weight is 495 g/mol. The van der Waals surface area contributed by atoms with Crippen LogP contribution in [0.3, 0.4) is 0 Å². The largest absolute Gasteiger partial charge is 0.456 e. The first-order chi connectivity index (χ1) is 18.0. The number of nitrogens with zero attached hydrogens (tertiary/aromatic N) is 1. The van der Waals surface area contributed by atoms with Crippen LogP contribution in [0.25, 0.3) is 0 Å². The number of carbonyl (C=O) groups is 1. The van der Waals surface area contributed by atoms with Gasteiger partial charge in [-0.3, -0.25) is 0 Å². The topological polar surface area (TPSA) is 50.8 Å². The number of esters is 1. The summed E-state index contributed by atoms with van der Waals surface area (Å²) in [6.45, 7) is 7.32. The Morgan fingerprint density at radius 1 is 0.865 bits per heavy atom. The number of hydrogen-bond donors (Lipinski definition) is 1. The molecule has 4 aromatic carbocycles. The number of rotatable bonds is 5. The number of para-hydroxylation sites is 1. The van der Waals surface area contributed by atoms with Gasteiger partial charge in [0.15, 0.2) is 5.60 Å². The van der Waals surface area contributed by atoms with Gasteiger partial charge in [0.2, 0.25) is 0 Å². The first kappa shape index (κ1) is 23.1. The number of aryl methyl sites for hydroxylation is 1. The van der Waals surface area contributed by atoms with E-state index in [2.05, 4.69) is 5.32 Å². The van der Waals surface area contributed by atoms with E-state index in [4.69, 9.17) is 9.47 Å². The SMILES string of the molecule is CCN(CC)c1cc(Nc2ccc3c(c2)C2(OC(=O)c4ccccc42)c2ccccc2O3)c(C)cc1F. The van der Waals surface area contributed by atoms with Crippen LogP contribution < -0.4 is 15.0 Å². The lowest BCUT2D eigenvalue weighted by Gasteiger charge is -2.36. The zero-order valence-electron chi connectivity index (χ0n) is 21.0. The predicted molar refractivity (Wildman–Crippen MR) is 143 cm³/mol. The highest BCUT2D eigenvalue weighted by Crippen LogP contribution is 2.56. The highest BCUT2D eigenvalue weighted by atomic mass is 19.1. The Kier molecular flexibility index (Phi) is 5.41. The fourth-order valence-corrected chi connectivity index (χ4v) is 5.46. The van der Waals surface area contributed by atoms with Crippen LogP contribution in [0.4, 0.5) is 21.5 Å². The van der Waals surface area contributed by atoms with Gasteiger partial charge in [0.05, 0.1) is 11.3 Å². The molecule has 0 bridgehead atoms. The van der Waals surface area contributed by atoms with Crippen molar-refractivity contribution in [3.63, 3.8) is 0 Å². The Balaban J connectivity index is 1.49. The second kappa shape index (κ2) is 8.66. The number of anilines is 3. The highest BCUT2D eigenvalue weighted by Gasteiger charge is 2.53. The minimum Gasteiger partial charge on any atom is -0.456 e. The van der Waals surface area contributed by atoms with Gasteiger partial charge in [0.25, 0.3) is 0 Å². The third kappa shape index (κ3) is 3.47. The van der Waals surface area contributed by atoms with E-state index >= 15 is 0 Å². The number of benzene rings is 4. The van der Waals surface area contributed by atoms with Gasteiger partial charge in [-0.15, -0.1) is 0 Å². The van der Waals surface area contributed by atoms with Gasteiger partial charge in [-0.05, 0) is 68.8 Å². The number of hydrogen-bond acceptors (Lipinski definition) is 5. The highest BCUT2D eigenvalue weighted by molar-refractivity contribution is 5.97. The molecule has 6 heteroatoms. The summed E-state index contributed by atoms with van der Waals surface area (Å²) in [6.07, 6.45) is 0. The monoisotopic (exact) mass is 494 g/mol. The maximum Gasteiger partial charge on any atom is 0.340 e. The van der Waals surface area contributed by atoms with Crippen LogP contribution in [0.2, 0.25) is 0 Å². The van der Waals surface area contributed by atoms with E-state index in [0.717, 1.165) is 33.6 Å². The summed E-state index contributed by atoms with van der Waals surface area (Å²) in [5, 5.41) is 3.47. The number of halogens is 1. The van der Waals surface area contributed by atoms with Crippen LogP contribution >= 0.6 is 0 Å². The second-order valence-electron chi connectivity index (χ2n) is 9.34. The molecule has 0 aliphatic carbocycles. The van der Waals surface area contributed by atoms with Crippen molar-refractivity contribution >= 4 is 23.0 Å². The van der Waals surface area contributed by atoms with Crippen molar-refractivity contribution in [3.8, 4) is 11.5 Å². The van der Waals surface area contributed by atoms with Gasteiger partial charge < -0.3 is 19.7 Å². The standard InChI is InChI=1S/C31H27FN2O3/c1-4-34(5-2)27-18-26(19(3)16-25(27)32)33-20-14-15-29-24(17-20)31(23-12-8-9-13-28(23)36-29)22-11-7-6-10-21(22)30(35)37-31/h6-18,33H,4-5H2,1-3H3. The van der Waals surface area contributed by atoms with E-state index in [9.17, 15) is 9.18 Å². The van der Waals surface area contributed by atoms with Crippen molar-refractivity contribution in [2.75, 3.05) is 23.3 Å². The molecule has 1 N–H and O–H groups in total. The molecule has 37 heavy (non-hydrogen) atoms. The molecule has 0 fully saturated rings. The van der Waals surface area contributed by atoms with Crippen LogP contribution in [0.15, 0.2) is 78.9 Å². The quantitative estimate of drug-likeness (QED) is 0.295. The number of carbonyl (C=O) groups excluding carboxylic acids is 1. The summed E-state index contributed by atoms with van der Waals surface area (Å²) >= 11 is 0. The number of ether oxygens (including phenoxy) is 2. The molecule has 0 saturated heterocycles. The normalized spacial score (nSPS) is 16.9. The van der Waals surface area contributed by atoms with E-state index in [0.29, 0.717) is 35.8 Å². The number of nitrogens with one attached hydrogen (secondary N) is 1. The first-order valence-electron chi connectivity index (χ1n) is 12.5. The van der Waals surface area contributed by atoms with E-state index < -0.39 is 5.60 Å². The molecule has 1 spiro atoms. The Labute approximate surface area is 215 Å². The molecule has 1 unspecified atom stereocenters. The molecule has 4 aromatic rings. The maximum absolute atomic E-state index is 14.8. The van der Waals surface area contributed by atoms with Crippen molar-refractivity contribution in [3.05, 3.63) is 112 Å². The average Bonchev–Trinajstić information content (AvgIpc) is 3.21. The van der Waals surface area contributed by atoms with Gasteiger partial charge in [-0.1, -0.05) is 36.4 Å². The van der Waals surface area contributed by atoms with Gasteiger partial charge >= 0.3 is 5.97 Å². The van der Waals surface area contributed by atoms with Gasteiger partial charge in [0, 0.05) is 41.2 Å². The fraction of sp³-hybridized carbons (Fsp3) is 0.194.